The first-order chi connectivity index (χ1) is 6.79. The normalized spacial score (nSPS) is 11.9. The van der Waals surface area contributed by atoms with Gasteiger partial charge in [0.2, 0.25) is 0 Å². The van der Waals surface area contributed by atoms with E-state index in [2.05, 4.69) is 4.52 Å². The zero-order valence-electron chi connectivity index (χ0n) is 8.35. The molecule has 0 unspecified atom stereocenters. The van der Waals surface area contributed by atoms with E-state index in [0.29, 0.717) is 0 Å². The Morgan fingerprint density at radius 1 is 1.40 bits per heavy atom. The molecule has 1 aromatic rings. The van der Waals surface area contributed by atoms with Crippen LogP contribution in [0.25, 0.3) is 0 Å². The summed E-state index contributed by atoms with van der Waals surface area (Å²) in [6.07, 6.45) is 0. The monoisotopic (exact) mass is 234 g/mol. The first-order valence-electron chi connectivity index (χ1n) is 4.34. The molecule has 0 aliphatic rings. The highest BCUT2D eigenvalue weighted by atomic mass is 31.2. The van der Waals surface area contributed by atoms with E-state index in [1.807, 2.05) is 13.8 Å². The molecule has 0 aromatic heterocycles. The van der Waals surface area contributed by atoms with Crippen LogP contribution in [-0.2, 0) is 4.57 Å². The molecule has 1 rings (SSSR count). The topological polar surface area (TPSA) is 66.8 Å². The molecule has 84 valence electrons. The summed E-state index contributed by atoms with van der Waals surface area (Å²) >= 11 is 0. The number of rotatable bonds is 3. The van der Waals surface area contributed by atoms with Crippen LogP contribution in [-0.4, -0.2) is 9.79 Å². The predicted octanol–water partition coefficient (Wildman–Crippen LogP) is 2.42. The summed E-state index contributed by atoms with van der Waals surface area (Å²) in [6, 6.07) is 3.98. The molecule has 0 radical (unpaired) electrons. The Kier molecular flexibility index (Phi) is 3.50. The van der Waals surface area contributed by atoms with Gasteiger partial charge < -0.3 is 4.52 Å². The smallest absolute Gasteiger partial charge is 0.401 e. The molecule has 0 atom stereocenters. The summed E-state index contributed by atoms with van der Waals surface area (Å²) in [5.74, 6) is -1.07. The average Bonchev–Trinajstić information content (AvgIpc) is 2.05. The lowest BCUT2D eigenvalue weighted by Crippen LogP contribution is -1.95. The van der Waals surface area contributed by atoms with Crippen molar-refractivity contribution in [2.75, 3.05) is 0 Å². The van der Waals surface area contributed by atoms with Gasteiger partial charge in [-0.1, -0.05) is 19.9 Å². The van der Waals surface area contributed by atoms with Gasteiger partial charge in [0.25, 0.3) is 0 Å². The van der Waals surface area contributed by atoms with Gasteiger partial charge in [0.05, 0.1) is 0 Å². The van der Waals surface area contributed by atoms with Crippen LogP contribution in [0.4, 0.5) is 4.39 Å². The molecule has 0 saturated carbocycles. The van der Waals surface area contributed by atoms with Gasteiger partial charge in [-0.15, -0.1) is 0 Å². The second-order valence-electron chi connectivity index (χ2n) is 3.43. The largest absolute Gasteiger partial charge is 0.524 e. The molecular weight excluding hydrogens is 222 g/mol. The summed E-state index contributed by atoms with van der Waals surface area (Å²) in [5.41, 5.74) is 0.741. The Hall–Kier alpha value is -0.900. The fourth-order valence-corrected chi connectivity index (χ4v) is 1.48. The van der Waals surface area contributed by atoms with E-state index in [4.69, 9.17) is 9.79 Å². The molecule has 6 heteroatoms. The Labute approximate surface area is 86.9 Å². The van der Waals surface area contributed by atoms with Crippen LogP contribution in [0.1, 0.15) is 25.3 Å². The van der Waals surface area contributed by atoms with Crippen molar-refractivity contribution in [2.24, 2.45) is 0 Å². The highest BCUT2D eigenvalue weighted by molar-refractivity contribution is 7.46. The molecule has 0 heterocycles. The van der Waals surface area contributed by atoms with Gasteiger partial charge in [-0.05, 0) is 23.6 Å². The zero-order chi connectivity index (χ0) is 11.6. The van der Waals surface area contributed by atoms with Crippen LogP contribution in [0.2, 0.25) is 0 Å². The van der Waals surface area contributed by atoms with E-state index in [-0.39, 0.29) is 5.92 Å². The SMILES string of the molecule is CC(C)c1ccc(OP(=O)(O)O)c(F)c1. The molecule has 0 aliphatic heterocycles. The van der Waals surface area contributed by atoms with Crippen molar-refractivity contribution < 1.29 is 23.3 Å². The zero-order valence-corrected chi connectivity index (χ0v) is 9.24. The molecule has 0 fully saturated rings. The van der Waals surface area contributed by atoms with Gasteiger partial charge in [-0.3, -0.25) is 9.79 Å². The maximum atomic E-state index is 13.3. The van der Waals surface area contributed by atoms with Crippen molar-refractivity contribution in [3.8, 4) is 5.75 Å². The molecule has 4 nitrogen and oxygen atoms in total. The van der Waals surface area contributed by atoms with Crippen molar-refractivity contribution in [1.29, 1.82) is 0 Å². The van der Waals surface area contributed by atoms with Gasteiger partial charge in [0.15, 0.2) is 11.6 Å². The molecule has 0 amide bonds. The number of hydrogen-bond acceptors (Lipinski definition) is 2. The molecule has 0 spiro atoms. The molecule has 15 heavy (non-hydrogen) atoms. The molecule has 2 N–H and O–H groups in total. The second kappa shape index (κ2) is 4.31. The molecule has 0 saturated heterocycles. The van der Waals surface area contributed by atoms with E-state index in [1.54, 1.807) is 6.07 Å². The van der Waals surface area contributed by atoms with E-state index in [0.717, 1.165) is 5.56 Å². The number of benzene rings is 1. The van der Waals surface area contributed by atoms with Crippen LogP contribution in [0.5, 0.6) is 5.75 Å². The summed E-state index contributed by atoms with van der Waals surface area (Å²) < 4.78 is 27.9. The minimum Gasteiger partial charge on any atom is -0.401 e. The van der Waals surface area contributed by atoms with Gasteiger partial charge in [0, 0.05) is 0 Å². The maximum Gasteiger partial charge on any atom is 0.524 e. The maximum absolute atomic E-state index is 13.3. The number of phosphoric acid groups is 1. The number of halogens is 1. The Morgan fingerprint density at radius 2 is 2.00 bits per heavy atom. The van der Waals surface area contributed by atoms with Gasteiger partial charge in [-0.25, -0.2) is 8.96 Å². The standard InChI is InChI=1S/C9H12FO4P/c1-6(2)7-3-4-9(8(10)5-7)14-15(11,12)13/h3-6H,1-2H3,(H2,11,12,13). The third-order valence-corrected chi connectivity index (χ3v) is 2.27. The van der Waals surface area contributed by atoms with Crippen molar-refractivity contribution in [1.82, 2.24) is 0 Å². The number of phosphoric ester groups is 1. The molecule has 0 bridgehead atoms. The van der Waals surface area contributed by atoms with E-state index < -0.39 is 19.4 Å². The highest BCUT2D eigenvalue weighted by Gasteiger charge is 2.18. The molecule has 1 aromatic carbocycles. The Balaban J connectivity index is 2.99. The number of hydrogen-bond donors (Lipinski definition) is 2. The highest BCUT2D eigenvalue weighted by Crippen LogP contribution is 2.39. The van der Waals surface area contributed by atoms with E-state index in [1.165, 1.54) is 12.1 Å². The Bertz CT molecular complexity index is 399. The van der Waals surface area contributed by atoms with Crippen LogP contribution < -0.4 is 4.52 Å². The summed E-state index contributed by atoms with van der Waals surface area (Å²) in [6.45, 7) is 3.77. The summed E-state index contributed by atoms with van der Waals surface area (Å²) in [4.78, 5) is 17.0. The van der Waals surface area contributed by atoms with E-state index in [9.17, 15) is 8.96 Å². The van der Waals surface area contributed by atoms with Crippen LogP contribution in [0.15, 0.2) is 18.2 Å². The lowest BCUT2D eigenvalue weighted by molar-refractivity contribution is 0.278. The fraction of sp³-hybridized carbons (Fsp3) is 0.333. The van der Waals surface area contributed by atoms with Crippen LogP contribution >= 0.6 is 7.82 Å². The van der Waals surface area contributed by atoms with Crippen LogP contribution in [0.3, 0.4) is 0 Å². The minimum absolute atomic E-state index is 0.142. The predicted molar refractivity (Wildman–Crippen MR) is 53.2 cm³/mol. The fourth-order valence-electron chi connectivity index (χ4n) is 1.08. The third-order valence-electron chi connectivity index (χ3n) is 1.84. The van der Waals surface area contributed by atoms with Crippen molar-refractivity contribution >= 4 is 7.82 Å². The molecular formula is C9H12FO4P. The second-order valence-corrected chi connectivity index (χ2v) is 4.59. The summed E-state index contributed by atoms with van der Waals surface area (Å²) in [7, 11) is -4.69. The minimum atomic E-state index is -4.69. The van der Waals surface area contributed by atoms with Crippen LogP contribution in [0, 0.1) is 5.82 Å². The first kappa shape index (κ1) is 12.2. The summed E-state index contributed by atoms with van der Waals surface area (Å²) in [5, 5.41) is 0. The van der Waals surface area contributed by atoms with E-state index >= 15 is 0 Å². The van der Waals surface area contributed by atoms with Gasteiger partial charge in [0.1, 0.15) is 0 Å². The third kappa shape index (κ3) is 3.63. The van der Waals surface area contributed by atoms with Gasteiger partial charge in [-0.2, -0.15) is 0 Å². The van der Waals surface area contributed by atoms with Crippen molar-refractivity contribution in [2.45, 2.75) is 19.8 Å². The lowest BCUT2D eigenvalue weighted by atomic mass is 10.0. The molecule has 0 aliphatic carbocycles. The van der Waals surface area contributed by atoms with Crippen molar-refractivity contribution in [3.63, 3.8) is 0 Å². The lowest BCUT2D eigenvalue weighted by Gasteiger charge is -2.10. The quantitative estimate of drug-likeness (QED) is 0.788. The van der Waals surface area contributed by atoms with Crippen molar-refractivity contribution in [3.05, 3.63) is 29.6 Å². The van der Waals surface area contributed by atoms with Gasteiger partial charge >= 0.3 is 7.82 Å². The Morgan fingerprint density at radius 3 is 2.40 bits per heavy atom. The first-order valence-corrected chi connectivity index (χ1v) is 5.87. The average molecular weight is 234 g/mol.